The molecule has 1 spiro atoms. The molecular weight excluding hydrogens is 374 g/mol. The Kier molecular flexibility index (Phi) is 5.21. The number of allylic oxidation sites excluding steroid dienone is 2. The standard InChI is InChI=1S/C25H31N3O2/c29-23(27-15-8-14-25(18-27)12-5-3-6-13-25)19-10-11-20-21(17-19)26-22-9-4-1-2-7-16-28(22)24(20)30/h3,5,10-11,17H,1-2,4,6-9,12-16,18H2. The maximum atomic E-state index is 13.3. The second-order valence-corrected chi connectivity index (χ2v) is 9.43. The lowest BCUT2D eigenvalue weighted by molar-refractivity contribution is 0.0484. The van der Waals surface area contributed by atoms with Crippen LogP contribution in [0.2, 0.25) is 0 Å². The predicted octanol–water partition coefficient (Wildman–Crippen LogP) is 4.48. The molecule has 1 saturated heterocycles. The molecule has 158 valence electrons. The molecule has 0 bridgehead atoms. The molecule has 5 rings (SSSR count). The second kappa shape index (κ2) is 8.01. The lowest BCUT2D eigenvalue weighted by Crippen LogP contribution is -2.46. The molecule has 1 aromatic carbocycles. The van der Waals surface area contributed by atoms with E-state index in [-0.39, 0.29) is 16.9 Å². The van der Waals surface area contributed by atoms with E-state index in [2.05, 4.69) is 12.2 Å². The van der Waals surface area contributed by atoms with E-state index in [1.54, 1.807) is 0 Å². The van der Waals surface area contributed by atoms with E-state index in [0.29, 0.717) is 16.5 Å². The number of likely N-dealkylation sites (tertiary alicyclic amines) is 1. The van der Waals surface area contributed by atoms with Crippen LogP contribution in [0.3, 0.4) is 0 Å². The topological polar surface area (TPSA) is 55.2 Å². The molecule has 30 heavy (non-hydrogen) atoms. The van der Waals surface area contributed by atoms with Crippen molar-refractivity contribution in [2.75, 3.05) is 13.1 Å². The summed E-state index contributed by atoms with van der Waals surface area (Å²) in [5, 5.41) is 0.628. The third-order valence-corrected chi connectivity index (χ3v) is 7.32. The van der Waals surface area contributed by atoms with Crippen molar-refractivity contribution in [3.63, 3.8) is 0 Å². The van der Waals surface area contributed by atoms with Crippen molar-refractivity contribution in [3.05, 3.63) is 52.1 Å². The van der Waals surface area contributed by atoms with Gasteiger partial charge in [0.2, 0.25) is 0 Å². The van der Waals surface area contributed by atoms with Crippen molar-refractivity contribution < 1.29 is 4.79 Å². The van der Waals surface area contributed by atoms with Crippen molar-refractivity contribution >= 4 is 16.8 Å². The van der Waals surface area contributed by atoms with E-state index >= 15 is 0 Å². The lowest BCUT2D eigenvalue weighted by atomic mass is 9.71. The highest BCUT2D eigenvalue weighted by atomic mass is 16.2. The minimum Gasteiger partial charge on any atom is -0.338 e. The Morgan fingerprint density at radius 1 is 1.00 bits per heavy atom. The third-order valence-electron chi connectivity index (χ3n) is 7.32. The van der Waals surface area contributed by atoms with Gasteiger partial charge in [-0.2, -0.15) is 0 Å². The summed E-state index contributed by atoms with van der Waals surface area (Å²) >= 11 is 0. The van der Waals surface area contributed by atoms with Crippen LogP contribution < -0.4 is 5.56 Å². The van der Waals surface area contributed by atoms with Gasteiger partial charge in [0.25, 0.3) is 11.5 Å². The molecule has 1 atom stereocenters. The summed E-state index contributed by atoms with van der Waals surface area (Å²) in [6, 6.07) is 5.49. The fraction of sp³-hybridized carbons (Fsp3) is 0.560. The van der Waals surface area contributed by atoms with Gasteiger partial charge < -0.3 is 4.90 Å². The highest BCUT2D eigenvalue weighted by Crippen LogP contribution is 2.41. The maximum absolute atomic E-state index is 13.3. The van der Waals surface area contributed by atoms with Gasteiger partial charge in [-0.1, -0.05) is 25.0 Å². The fourth-order valence-corrected chi connectivity index (χ4v) is 5.61. The van der Waals surface area contributed by atoms with Crippen LogP contribution in [0.4, 0.5) is 0 Å². The average Bonchev–Trinajstić information content (AvgIpc) is 2.75. The van der Waals surface area contributed by atoms with Gasteiger partial charge in [0, 0.05) is 31.6 Å². The first-order chi connectivity index (χ1) is 14.7. The molecule has 1 aliphatic carbocycles. The zero-order chi connectivity index (χ0) is 20.6. The number of nitrogens with zero attached hydrogens (tertiary/aromatic N) is 3. The van der Waals surface area contributed by atoms with Crippen LogP contribution in [0.15, 0.2) is 35.1 Å². The molecule has 0 saturated carbocycles. The SMILES string of the molecule is O=C(c1ccc2c(=O)n3c(nc2c1)CCCCCC3)N1CCCC2(CC=CCC2)C1. The van der Waals surface area contributed by atoms with Crippen LogP contribution in [0.1, 0.15) is 74.0 Å². The number of aryl methyl sites for hydroxylation is 1. The molecule has 1 unspecified atom stereocenters. The Bertz CT molecular complexity index is 1050. The summed E-state index contributed by atoms with van der Waals surface area (Å²) in [6.07, 6.45) is 15.5. The summed E-state index contributed by atoms with van der Waals surface area (Å²) in [4.78, 5) is 33.2. The number of carbonyl (C=O) groups excluding carboxylic acids is 1. The van der Waals surface area contributed by atoms with Crippen molar-refractivity contribution in [1.29, 1.82) is 0 Å². The first-order valence-corrected chi connectivity index (χ1v) is 11.6. The first-order valence-electron chi connectivity index (χ1n) is 11.6. The Hall–Kier alpha value is -2.43. The van der Waals surface area contributed by atoms with Crippen molar-refractivity contribution in [1.82, 2.24) is 14.5 Å². The zero-order valence-corrected chi connectivity index (χ0v) is 17.7. The Balaban J connectivity index is 1.45. The van der Waals surface area contributed by atoms with E-state index in [9.17, 15) is 9.59 Å². The molecule has 2 aromatic rings. The number of hydrogen-bond acceptors (Lipinski definition) is 3. The number of fused-ring (bicyclic) bond motifs is 2. The van der Waals surface area contributed by atoms with Crippen LogP contribution in [0, 0.1) is 5.41 Å². The number of piperidine rings is 1. The number of rotatable bonds is 1. The minimum atomic E-state index is 0.0433. The van der Waals surface area contributed by atoms with Crippen LogP contribution >= 0.6 is 0 Å². The summed E-state index contributed by atoms with van der Waals surface area (Å²) in [5.74, 6) is 0.960. The van der Waals surface area contributed by atoms with Gasteiger partial charge in [-0.3, -0.25) is 14.2 Å². The fourth-order valence-electron chi connectivity index (χ4n) is 5.61. The van der Waals surface area contributed by atoms with Crippen LogP contribution in [-0.2, 0) is 13.0 Å². The first kappa shape index (κ1) is 19.5. The van der Waals surface area contributed by atoms with E-state index in [0.717, 1.165) is 64.0 Å². The smallest absolute Gasteiger partial charge is 0.261 e. The molecule has 3 heterocycles. The van der Waals surface area contributed by atoms with E-state index < -0.39 is 0 Å². The molecule has 0 N–H and O–H groups in total. The Labute approximate surface area is 177 Å². The average molecular weight is 406 g/mol. The Morgan fingerprint density at radius 2 is 1.90 bits per heavy atom. The number of amides is 1. The maximum Gasteiger partial charge on any atom is 0.261 e. The lowest BCUT2D eigenvalue weighted by Gasteiger charge is -2.44. The van der Waals surface area contributed by atoms with E-state index in [1.807, 2.05) is 27.7 Å². The molecule has 1 aromatic heterocycles. The van der Waals surface area contributed by atoms with Gasteiger partial charge in [0.15, 0.2) is 0 Å². The predicted molar refractivity (Wildman–Crippen MR) is 119 cm³/mol. The highest BCUT2D eigenvalue weighted by molar-refractivity contribution is 5.97. The zero-order valence-electron chi connectivity index (χ0n) is 17.7. The molecule has 1 fully saturated rings. The van der Waals surface area contributed by atoms with Gasteiger partial charge in [0.05, 0.1) is 10.9 Å². The largest absolute Gasteiger partial charge is 0.338 e. The summed E-state index contributed by atoms with van der Waals surface area (Å²) in [7, 11) is 0. The summed E-state index contributed by atoms with van der Waals surface area (Å²) < 4.78 is 1.86. The quantitative estimate of drug-likeness (QED) is 0.658. The highest BCUT2D eigenvalue weighted by Gasteiger charge is 2.37. The van der Waals surface area contributed by atoms with Gasteiger partial charge in [-0.25, -0.2) is 4.98 Å². The molecule has 2 aliphatic heterocycles. The molecule has 5 nitrogen and oxygen atoms in total. The number of aromatic nitrogens is 2. The number of benzene rings is 1. The molecule has 1 amide bonds. The molecule has 0 radical (unpaired) electrons. The van der Waals surface area contributed by atoms with Gasteiger partial charge in [-0.15, -0.1) is 0 Å². The van der Waals surface area contributed by atoms with E-state index in [1.165, 1.54) is 25.7 Å². The van der Waals surface area contributed by atoms with Gasteiger partial charge in [-0.05, 0) is 68.6 Å². The van der Waals surface area contributed by atoms with Crippen molar-refractivity contribution in [2.45, 2.75) is 70.8 Å². The second-order valence-electron chi connectivity index (χ2n) is 9.43. The monoisotopic (exact) mass is 405 g/mol. The van der Waals surface area contributed by atoms with E-state index in [4.69, 9.17) is 4.98 Å². The summed E-state index contributed by atoms with van der Waals surface area (Å²) in [6.45, 7) is 2.42. The number of hydrogen-bond donors (Lipinski definition) is 0. The molecule has 5 heteroatoms. The third kappa shape index (κ3) is 3.59. The van der Waals surface area contributed by atoms with Crippen molar-refractivity contribution in [3.8, 4) is 0 Å². The summed E-state index contributed by atoms with van der Waals surface area (Å²) in [5.41, 5.74) is 1.63. The van der Waals surface area contributed by atoms with Crippen LogP contribution in [0.25, 0.3) is 10.9 Å². The molecular formula is C25H31N3O2. The number of carbonyl (C=O) groups is 1. The van der Waals surface area contributed by atoms with Crippen LogP contribution in [0.5, 0.6) is 0 Å². The van der Waals surface area contributed by atoms with Gasteiger partial charge >= 0.3 is 0 Å². The normalized spacial score (nSPS) is 24.5. The van der Waals surface area contributed by atoms with Gasteiger partial charge in [0.1, 0.15) is 5.82 Å². The van der Waals surface area contributed by atoms with Crippen molar-refractivity contribution in [2.24, 2.45) is 5.41 Å². The molecule has 3 aliphatic rings. The van der Waals surface area contributed by atoms with Crippen LogP contribution in [-0.4, -0.2) is 33.4 Å². The minimum absolute atomic E-state index is 0.0433. The Morgan fingerprint density at radius 3 is 2.77 bits per heavy atom.